The van der Waals surface area contributed by atoms with Gasteiger partial charge in [-0.2, -0.15) is 5.10 Å². The van der Waals surface area contributed by atoms with E-state index in [4.69, 9.17) is 11.6 Å². The number of carbonyl (C=O) groups excluding carboxylic acids is 2. The van der Waals surface area contributed by atoms with E-state index in [0.717, 1.165) is 29.0 Å². The SMILES string of the molecule is Cc1nnc(NC(=O)c2nn3c(c2C2CC2)C(=O)N(Cc2ccccc2Cl)CC3)s1. The lowest BCUT2D eigenvalue weighted by Crippen LogP contribution is -2.40. The van der Waals surface area contributed by atoms with E-state index in [-0.39, 0.29) is 17.7 Å². The lowest BCUT2D eigenvalue weighted by Gasteiger charge is -2.28. The summed E-state index contributed by atoms with van der Waals surface area (Å²) in [7, 11) is 0. The normalized spacial score (nSPS) is 15.9. The monoisotopic (exact) mass is 442 g/mol. The van der Waals surface area contributed by atoms with Crippen molar-refractivity contribution in [2.45, 2.75) is 38.8 Å². The van der Waals surface area contributed by atoms with Crippen LogP contribution in [0.1, 0.15) is 55.9 Å². The van der Waals surface area contributed by atoms with Crippen LogP contribution in [0.4, 0.5) is 5.13 Å². The summed E-state index contributed by atoms with van der Waals surface area (Å²) in [6, 6.07) is 7.52. The molecule has 0 spiro atoms. The Morgan fingerprint density at radius 1 is 1.27 bits per heavy atom. The Morgan fingerprint density at radius 3 is 2.77 bits per heavy atom. The molecule has 10 heteroatoms. The Kier molecular flexibility index (Phi) is 4.79. The summed E-state index contributed by atoms with van der Waals surface area (Å²) in [6.07, 6.45) is 1.91. The van der Waals surface area contributed by atoms with Gasteiger partial charge in [0, 0.05) is 23.7 Å². The van der Waals surface area contributed by atoms with Gasteiger partial charge in [0.25, 0.3) is 11.8 Å². The fraction of sp³-hybridized carbons (Fsp3) is 0.350. The zero-order chi connectivity index (χ0) is 20.8. The van der Waals surface area contributed by atoms with Crippen LogP contribution in [0.15, 0.2) is 24.3 Å². The summed E-state index contributed by atoms with van der Waals surface area (Å²) in [5.74, 6) is -0.267. The number of rotatable bonds is 5. The molecule has 0 saturated heterocycles. The number of aryl methyl sites for hydroxylation is 1. The van der Waals surface area contributed by atoms with Crippen molar-refractivity contribution in [2.75, 3.05) is 11.9 Å². The Balaban J connectivity index is 1.46. The molecule has 3 aromatic rings. The maximum atomic E-state index is 13.4. The van der Waals surface area contributed by atoms with Gasteiger partial charge in [0.1, 0.15) is 10.7 Å². The van der Waals surface area contributed by atoms with Crippen LogP contribution in [-0.4, -0.2) is 43.2 Å². The zero-order valence-corrected chi connectivity index (χ0v) is 17.8. The summed E-state index contributed by atoms with van der Waals surface area (Å²) < 4.78 is 1.68. The van der Waals surface area contributed by atoms with Gasteiger partial charge in [0.2, 0.25) is 5.13 Å². The Bertz CT molecular complexity index is 1150. The van der Waals surface area contributed by atoms with Crippen molar-refractivity contribution in [2.24, 2.45) is 0 Å². The molecular weight excluding hydrogens is 424 g/mol. The first kappa shape index (κ1) is 19.2. The second-order valence-electron chi connectivity index (χ2n) is 7.51. The second-order valence-corrected chi connectivity index (χ2v) is 9.10. The molecule has 30 heavy (non-hydrogen) atoms. The number of carbonyl (C=O) groups is 2. The molecule has 1 saturated carbocycles. The van der Waals surface area contributed by atoms with E-state index in [1.165, 1.54) is 11.3 Å². The smallest absolute Gasteiger partial charge is 0.278 e. The molecular formula is C20H19ClN6O2S. The highest BCUT2D eigenvalue weighted by Crippen LogP contribution is 2.44. The molecule has 154 valence electrons. The van der Waals surface area contributed by atoms with E-state index in [1.807, 2.05) is 31.2 Å². The number of nitrogens with one attached hydrogen (secondary N) is 1. The second kappa shape index (κ2) is 7.48. The Morgan fingerprint density at radius 2 is 2.07 bits per heavy atom. The minimum atomic E-state index is -0.347. The number of anilines is 1. The van der Waals surface area contributed by atoms with Crippen molar-refractivity contribution in [3.05, 3.63) is 56.8 Å². The molecule has 2 aromatic heterocycles. The molecule has 0 radical (unpaired) electrons. The van der Waals surface area contributed by atoms with Crippen LogP contribution in [0.25, 0.3) is 0 Å². The van der Waals surface area contributed by atoms with Crippen molar-refractivity contribution in [3.8, 4) is 0 Å². The average Bonchev–Trinajstić information content (AvgIpc) is 3.36. The van der Waals surface area contributed by atoms with Crippen LogP contribution in [-0.2, 0) is 13.1 Å². The van der Waals surface area contributed by atoms with Gasteiger partial charge < -0.3 is 4.90 Å². The van der Waals surface area contributed by atoms with Crippen molar-refractivity contribution < 1.29 is 9.59 Å². The molecule has 5 rings (SSSR count). The number of amides is 2. The summed E-state index contributed by atoms with van der Waals surface area (Å²) >= 11 is 7.59. The molecule has 3 heterocycles. The van der Waals surface area contributed by atoms with E-state index in [9.17, 15) is 9.59 Å². The molecule has 0 bridgehead atoms. The van der Waals surface area contributed by atoms with Crippen LogP contribution in [0.3, 0.4) is 0 Å². The number of fused-ring (bicyclic) bond motifs is 1. The molecule has 0 unspecified atom stereocenters. The van der Waals surface area contributed by atoms with Crippen molar-refractivity contribution in [1.29, 1.82) is 0 Å². The number of hydrogen-bond acceptors (Lipinski definition) is 6. The third-order valence-corrected chi connectivity index (χ3v) is 6.45. The molecule has 2 amide bonds. The predicted molar refractivity (Wildman–Crippen MR) is 113 cm³/mol. The third-order valence-electron chi connectivity index (χ3n) is 5.33. The summed E-state index contributed by atoms with van der Waals surface area (Å²) in [6.45, 7) is 3.31. The van der Waals surface area contributed by atoms with Crippen LogP contribution in [0.2, 0.25) is 5.02 Å². The number of nitrogens with zero attached hydrogens (tertiary/aromatic N) is 5. The Labute approximate surface area is 181 Å². The van der Waals surface area contributed by atoms with Gasteiger partial charge in [-0.25, -0.2) is 0 Å². The highest BCUT2D eigenvalue weighted by molar-refractivity contribution is 7.15. The standard InChI is InChI=1S/C20H19ClN6O2S/c1-11-23-24-20(30-11)22-18(28)16-15(12-6-7-12)17-19(29)26(8-9-27(17)25-16)10-13-4-2-3-5-14(13)21/h2-5,12H,6-10H2,1H3,(H,22,24,28). The van der Waals surface area contributed by atoms with Crippen molar-refractivity contribution >= 4 is 39.9 Å². The lowest BCUT2D eigenvalue weighted by atomic mass is 10.0. The van der Waals surface area contributed by atoms with E-state index in [2.05, 4.69) is 20.6 Å². The number of halogens is 1. The molecule has 0 atom stereocenters. The van der Waals surface area contributed by atoms with Crippen LogP contribution >= 0.6 is 22.9 Å². The van der Waals surface area contributed by atoms with Gasteiger partial charge in [-0.1, -0.05) is 41.1 Å². The molecule has 1 aromatic carbocycles. The number of hydrogen-bond donors (Lipinski definition) is 1. The van der Waals surface area contributed by atoms with E-state index >= 15 is 0 Å². The van der Waals surface area contributed by atoms with Gasteiger partial charge in [-0.15, -0.1) is 10.2 Å². The van der Waals surface area contributed by atoms with Gasteiger partial charge in [0.05, 0.1) is 6.54 Å². The Hall–Kier alpha value is -2.78. The average molecular weight is 443 g/mol. The fourth-order valence-corrected chi connectivity index (χ4v) is 4.53. The maximum absolute atomic E-state index is 13.4. The first-order chi connectivity index (χ1) is 14.5. The highest BCUT2D eigenvalue weighted by atomic mass is 35.5. The zero-order valence-electron chi connectivity index (χ0n) is 16.3. The van der Waals surface area contributed by atoms with E-state index in [1.54, 1.807) is 9.58 Å². The quantitative estimate of drug-likeness (QED) is 0.652. The maximum Gasteiger partial charge on any atom is 0.278 e. The topological polar surface area (TPSA) is 93.0 Å². The number of aromatic nitrogens is 4. The van der Waals surface area contributed by atoms with E-state index in [0.29, 0.717) is 41.2 Å². The van der Waals surface area contributed by atoms with E-state index < -0.39 is 0 Å². The molecule has 1 N–H and O–H groups in total. The third kappa shape index (κ3) is 3.48. The fourth-order valence-electron chi connectivity index (χ4n) is 3.74. The highest BCUT2D eigenvalue weighted by Gasteiger charge is 2.40. The largest absolute Gasteiger partial charge is 0.331 e. The molecule has 8 nitrogen and oxygen atoms in total. The minimum absolute atomic E-state index is 0.110. The van der Waals surface area contributed by atoms with Gasteiger partial charge >= 0.3 is 0 Å². The molecule has 1 aliphatic carbocycles. The van der Waals surface area contributed by atoms with Gasteiger partial charge in [-0.3, -0.25) is 19.6 Å². The van der Waals surface area contributed by atoms with Crippen molar-refractivity contribution in [3.63, 3.8) is 0 Å². The summed E-state index contributed by atoms with van der Waals surface area (Å²) in [5.41, 5.74) is 2.49. The lowest BCUT2D eigenvalue weighted by molar-refractivity contribution is 0.0682. The van der Waals surface area contributed by atoms with Crippen LogP contribution in [0.5, 0.6) is 0 Å². The molecule has 1 fully saturated rings. The predicted octanol–water partition coefficient (Wildman–Crippen LogP) is 3.48. The van der Waals surface area contributed by atoms with Gasteiger partial charge in [-0.05, 0) is 37.3 Å². The number of benzene rings is 1. The molecule has 1 aliphatic heterocycles. The van der Waals surface area contributed by atoms with Crippen LogP contribution in [0, 0.1) is 6.92 Å². The summed E-state index contributed by atoms with van der Waals surface area (Å²) in [4.78, 5) is 28.1. The van der Waals surface area contributed by atoms with Crippen molar-refractivity contribution in [1.82, 2.24) is 24.9 Å². The minimum Gasteiger partial charge on any atom is -0.331 e. The molecule has 2 aliphatic rings. The first-order valence-electron chi connectivity index (χ1n) is 9.76. The summed E-state index contributed by atoms with van der Waals surface area (Å²) in [5, 5.41) is 17.0. The first-order valence-corrected chi connectivity index (χ1v) is 11.0. The van der Waals surface area contributed by atoms with Crippen LogP contribution < -0.4 is 5.32 Å². The van der Waals surface area contributed by atoms with Gasteiger partial charge in [0.15, 0.2) is 5.69 Å².